The number of amides is 1. The number of fused-ring (bicyclic) bond motifs is 2. The number of aromatic hydroxyl groups is 1. The standard InChI is InChI=1S/C27H19N3O5S2/c1-34-20-13-16(11-12-18(20)31)22-21-23(32)17-9-5-6-10-19(17)35-24(21)25(33)30(22)26-28-29-27(37-26)36-14-15-7-3-2-4-8-15/h2-13,22,31H,14H2,1H3. The summed E-state index contributed by atoms with van der Waals surface area (Å²) in [5.41, 5.74) is 1.96. The van der Waals surface area contributed by atoms with E-state index in [2.05, 4.69) is 10.2 Å². The van der Waals surface area contributed by atoms with E-state index in [1.54, 1.807) is 36.4 Å². The van der Waals surface area contributed by atoms with Gasteiger partial charge in [0.1, 0.15) is 5.58 Å². The zero-order valence-corrected chi connectivity index (χ0v) is 21.1. The average molecular weight is 530 g/mol. The van der Waals surface area contributed by atoms with E-state index in [1.807, 2.05) is 30.3 Å². The maximum absolute atomic E-state index is 13.7. The third-order valence-electron chi connectivity index (χ3n) is 6.10. The Labute approximate surface area is 219 Å². The second kappa shape index (κ2) is 9.38. The molecule has 8 nitrogen and oxygen atoms in total. The van der Waals surface area contributed by atoms with E-state index in [9.17, 15) is 14.7 Å². The molecule has 2 aromatic heterocycles. The van der Waals surface area contributed by atoms with Crippen molar-refractivity contribution in [2.75, 3.05) is 12.0 Å². The van der Waals surface area contributed by atoms with Crippen LogP contribution in [0.4, 0.5) is 5.13 Å². The maximum Gasteiger partial charge on any atom is 0.297 e. The van der Waals surface area contributed by atoms with Crippen molar-refractivity contribution in [3.05, 3.63) is 105 Å². The average Bonchev–Trinajstić information content (AvgIpc) is 3.51. The number of anilines is 1. The Morgan fingerprint density at radius 2 is 1.84 bits per heavy atom. The predicted octanol–water partition coefficient (Wildman–Crippen LogP) is 5.40. The van der Waals surface area contributed by atoms with Gasteiger partial charge in [-0.25, -0.2) is 0 Å². The van der Waals surface area contributed by atoms with E-state index in [0.29, 0.717) is 31.8 Å². The first-order chi connectivity index (χ1) is 18.0. The Bertz CT molecular complexity index is 1700. The summed E-state index contributed by atoms with van der Waals surface area (Å²) in [7, 11) is 1.44. The zero-order chi connectivity index (χ0) is 25.5. The number of phenols is 1. The van der Waals surface area contributed by atoms with Crippen LogP contribution in [0, 0.1) is 0 Å². The molecular formula is C27H19N3O5S2. The fourth-order valence-electron chi connectivity index (χ4n) is 4.37. The van der Waals surface area contributed by atoms with Crippen LogP contribution < -0.4 is 15.1 Å². The van der Waals surface area contributed by atoms with Gasteiger partial charge in [-0.3, -0.25) is 14.5 Å². The highest BCUT2D eigenvalue weighted by atomic mass is 32.2. The molecule has 0 radical (unpaired) electrons. The lowest BCUT2D eigenvalue weighted by Gasteiger charge is -2.22. The van der Waals surface area contributed by atoms with Crippen molar-refractivity contribution < 1.29 is 19.1 Å². The molecule has 1 amide bonds. The van der Waals surface area contributed by atoms with Gasteiger partial charge in [-0.05, 0) is 35.4 Å². The number of ether oxygens (including phenoxy) is 1. The van der Waals surface area contributed by atoms with Crippen LogP contribution in [0.25, 0.3) is 11.0 Å². The summed E-state index contributed by atoms with van der Waals surface area (Å²) >= 11 is 2.78. The molecule has 1 unspecified atom stereocenters. The summed E-state index contributed by atoms with van der Waals surface area (Å²) in [6.07, 6.45) is 0. The van der Waals surface area contributed by atoms with Gasteiger partial charge in [0, 0.05) is 5.75 Å². The zero-order valence-electron chi connectivity index (χ0n) is 19.5. The SMILES string of the molecule is COc1cc(C2c3c(oc4ccccc4c3=O)C(=O)N2c2nnc(SCc3ccccc3)s2)ccc1O. The van der Waals surface area contributed by atoms with Crippen LogP contribution in [-0.4, -0.2) is 28.3 Å². The van der Waals surface area contributed by atoms with E-state index in [1.165, 1.54) is 41.2 Å². The van der Waals surface area contributed by atoms with Crippen molar-refractivity contribution in [3.8, 4) is 11.5 Å². The number of para-hydroxylation sites is 1. The molecule has 184 valence electrons. The number of benzene rings is 3. The first-order valence-corrected chi connectivity index (χ1v) is 13.1. The molecular weight excluding hydrogens is 510 g/mol. The van der Waals surface area contributed by atoms with Gasteiger partial charge in [-0.2, -0.15) is 0 Å². The lowest BCUT2D eigenvalue weighted by atomic mass is 9.98. The molecule has 1 aliphatic rings. The summed E-state index contributed by atoms with van der Waals surface area (Å²) in [6, 6.07) is 20.7. The van der Waals surface area contributed by atoms with Crippen LogP contribution >= 0.6 is 23.1 Å². The fraction of sp³-hybridized carbons (Fsp3) is 0.111. The maximum atomic E-state index is 13.7. The Morgan fingerprint density at radius 1 is 1.05 bits per heavy atom. The van der Waals surface area contributed by atoms with E-state index in [4.69, 9.17) is 9.15 Å². The molecule has 3 heterocycles. The number of phenolic OH excluding ortho intramolecular Hbond substituents is 1. The molecule has 3 aromatic carbocycles. The third kappa shape index (κ3) is 4.04. The van der Waals surface area contributed by atoms with Crippen molar-refractivity contribution in [2.24, 2.45) is 0 Å². The van der Waals surface area contributed by atoms with Crippen LogP contribution in [0.2, 0.25) is 0 Å². The monoisotopic (exact) mass is 529 g/mol. The second-order valence-corrected chi connectivity index (χ2v) is 10.5. The van der Waals surface area contributed by atoms with Gasteiger partial charge < -0.3 is 14.3 Å². The van der Waals surface area contributed by atoms with Gasteiger partial charge in [0.05, 0.1) is 24.1 Å². The summed E-state index contributed by atoms with van der Waals surface area (Å²) in [4.78, 5) is 28.8. The smallest absolute Gasteiger partial charge is 0.297 e. The normalized spacial score (nSPS) is 14.8. The molecule has 1 aliphatic heterocycles. The minimum atomic E-state index is -0.835. The quantitative estimate of drug-likeness (QED) is 0.230. The molecule has 10 heteroatoms. The van der Waals surface area contributed by atoms with Crippen molar-refractivity contribution in [2.45, 2.75) is 16.1 Å². The van der Waals surface area contributed by atoms with Gasteiger partial charge in [0.25, 0.3) is 5.91 Å². The van der Waals surface area contributed by atoms with Gasteiger partial charge >= 0.3 is 0 Å². The Morgan fingerprint density at radius 3 is 2.65 bits per heavy atom. The second-order valence-electron chi connectivity index (χ2n) is 8.30. The Hall–Kier alpha value is -4.15. The molecule has 0 bridgehead atoms. The van der Waals surface area contributed by atoms with E-state index in [-0.39, 0.29) is 28.3 Å². The molecule has 0 saturated carbocycles. The van der Waals surface area contributed by atoms with Gasteiger partial charge in [0.2, 0.25) is 10.9 Å². The molecule has 37 heavy (non-hydrogen) atoms. The first-order valence-electron chi connectivity index (χ1n) is 11.3. The number of aromatic nitrogens is 2. The van der Waals surface area contributed by atoms with Crippen LogP contribution in [-0.2, 0) is 5.75 Å². The lowest BCUT2D eigenvalue weighted by Crippen LogP contribution is -2.29. The van der Waals surface area contributed by atoms with Crippen LogP contribution in [0.1, 0.15) is 33.3 Å². The number of hydrogen-bond acceptors (Lipinski definition) is 9. The molecule has 0 spiro atoms. The number of carbonyl (C=O) groups is 1. The van der Waals surface area contributed by atoms with E-state index in [0.717, 1.165) is 5.56 Å². The number of methoxy groups -OCH3 is 1. The molecule has 0 saturated heterocycles. The highest BCUT2D eigenvalue weighted by Gasteiger charge is 2.45. The third-order valence-corrected chi connectivity index (χ3v) is 8.23. The highest BCUT2D eigenvalue weighted by molar-refractivity contribution is 8.00. The molecule has 1 N–H and O–H groups in total. The van der Waals surface area contributed by atoms with Crippen molar-refractivity contribution in [1.82, 2.24) is 10.2 Å². The van der Waals surface area contributed by atoms with Crippen LogP contribution in [0.3, 0.4) is 0 Å². The Kier molecular flexibility index (Phi) is 5.90. The minimum Gasteiger partial charge on any atom is -0.504 e. The van der Waals surface area contributed by atoms with Crippen molar-refractivity contribution >= 4 is 45.1 Å². The number of carbonyl (C=O) groups excluding carboxylic acids is 1. The first kappa shape index (κ1) is 23.3. The molecule has 6 rings (SSSR count). The predicted molar refractivity (Wildman–Crippen MR) is 142 cm³/mol. The minimum absolute atomic E-state index is 0.0329. The Balaban J connectivity index is 1.46. The molecule has 0 aliphatic carbocycles. The molecule has 5 aromatic rings. The number of thioether (sulfide) groups is 1. The lowest BCUT2D eigenvalue weighted by molar-refractivity contribution is 0.0970. The van der Waals surface area contributed by atoms with E-state index < -0.39 is 11.9 Å². The van der Waals surface area contributed by atoms with Gasteiger partial charge in [0.15, 0.2) is 21.3 Å². The summed E-state index contributed by atoms with van der Waals surface area (Å²) in [5.74, 6) is 0.358. The largest absolute Gasteiger partial charge is 0.504 e. The number of hydrogen-bond donors (Lipinski definition) is 1. The van der Waals surface area contributed by atoms with Crippen LogP contribution in [0.5, 0.6) is 11.5 Å². The number of nitrogens with zero attached hydrogens (tertiary/aromatic N) is 3. The van der Waals surface area contributed by atoms with Crippen molar-refractivity contribution in [3.63, 3.8) is 0 Å². The number of rotatable bonds is 6. The summed E-state index contributed by atoms with van der Waals surface area (Å²) in [6.45, 7) is 0. The van der Waals surface area contributed by atoms with Gasteiger partial charge in [-0.15, -0.1) is 10.2 Å². The summed E-state index contributed by atoms with van der Waals surface area (Å²) < 4.78 is 12.0. The van der Waals surface area contributed by atoms with Crippen LogP contribution in [0.15, 0.2) is 86.3 Å². The molecule has 1 atom stereocenters. The topological polar surface area (TPSA) is 106 Å². The van der Waals surface area contributed by atoms with E-state index >= 15 is 0 Å². The highest BCUT2D eigenvalue weighted by Crippen LogP contribution is 2.44. The fourth-order valence-corrected chi connectivity index (χ4v) is 6.20. The molecule has 0 fully saturated rings. The van der Waals surface area contributed by atoms with Gasteiger partial charge in [-0.1, -0.05) is 71.6 Å². The van der Waals surface area contributed by atoms with Crippen molar-refractivity contribution in [1.29, 1.82) is 0 Å². The summed E-state index contributed by atoms with van der Waals surface area (Å²) in [5, 5.41) is 19.5.